The third kappa shape index (κ3) is 1.95. The van der Waals surface area contributed by atoms with Gasteiger partial charge in [-0.05, 0) is 31.0 Å². The summed E-state index contributed by atoms with van der Waals surface area (Å²) in [5.74, 6) is -0.226. The summed E-state index contributed by atoms with van der Waals surface area (Å²) in [4.78, 5) is 0. The van der Waals surface area contributed by atoms with Crippen molar-refractivity contribution in [2.24, 2.45) is 5.73 Å². The van der Waals surface area contributed by atoms with E-state index >= 15 is 0 Å². The fourth-order valence-electron chi connectivity index (χ4n) is 1.05. The smallest absolute Gasteiger partial charge is 0.126 e. The zero-order valence-corrected chi connectivity index (χ0v) is 7.97. The van der Waals surface area contributed by atoms with Gasteiger partial charge in [-0.15, -0.1) is 6.58 Å². The SMILES string of the molecule is C=CC(C)(N)c1ccc(C)c(F)c1. The molecule has 1 unspecified atom stereocenters. The molecule has 0 spiro atoms. The summed E-state index contributed by atoms with van der Waals surface area (Å²) in [6.45, 7) is 7.13. The normalized spacial score (nSPS) is 15.1. The topological polar surface area (TPSA) is 26.0 Å². The van der Waals surface area contributed by atoms with Crippen LogP contribution in [0.4, 0.5) is 4.39 Å². The molecule has 0 amide bonds. The summed E-state index contributed by atoms with van der Waals surface area (Å²) in [7, 11) is 0. The van der Waals surface area contributed by atoms with Gasteiger partial charge >= 0.3 is 0 Å². The highest BCUT2D eigenvalue weighted by molar-refractivity contribution is 5.31. The molecule has 0 saturated heterocycles. The highest BCUT2D eigenvalue weighted by Crippen LogP contribution is 2.20. The minimum Gasteiger partial charge on any atom is -0.318 e. The highest BCUT2D eigenvalue weighted by Gasteiger charge is 2.17. The van der Waals surface area contributed by atoms with E-state index in [4.69, 9.17) is 5.73 Å². The molecule has 13 heavy (non-hydrogen) atoms. The van der Waals surface area contributed by atoms with Gasteiger partial charge in [0.25, 0.3) is 0 Å². The molecule has 2 heteroatoms. The predicted octanol–water partition coefficient (Wildman–Crippen LogP) is 2.49. The van der Waals surface area contributed by atoms with Gasteiger partial charge in [0.15, 0.2) is 0 Å². The first kappa shape index (κ1) is 9.93. The van der Waals surface area contributed by atoms with E-state index in [2.05, 4.69) is 6.58 Å². The summed E-state index contributed by atoms with van der Waals surface area (Å²) in [5, 5.41) is 0. The van der Waals surface area contributed by atoms with Crippen LogP contribution < -0.4 is 5.73 Å². The van der Waals surface area contributed by atoms with Gasteiger partial charge in [0.1, 0.15) is 5.82 Å². The van der Waals surface area contributed by atoms with E-state index in [1.165, 1.54) is 6.07 Å². The Hall–Kier alpha value is -1.15. The summed E-state index contributed by atoms with van der Waals surface area (Å²) >= 11 is 0. The molecule has 0 aromatic heterocycles. The number of nitrogens with two attached hydrogens (primary N) is 1. The second-order valence-corrected chi connectivity index (χ2v) is 3.45. The monoisotopic (exact) mass is 179 g/mol. The fraction of sp³-hybridized carbons (Fsp3) is 0.273. The molecule has 1 atom stereocenters. The van der Waals surface area contributed by atoms with Crippen molar-refractivity contribution in [1.82, 2.24) is 0 Å². The Balaban J connectivity index is 3.18. The van der Waals surface area contributed by atoms with Crippen molar-refractivity contribution in [2.45, 2.75) is 19.4 Å². The van der Waals surface area contributed by atoms with Crippen molar-refractivity contribution >= 4 is 0 Å². The zero-order chi connectivity index (χ0) is 10.1. The Morgan fingerprint density at radius 1 is 1.54 bits per heavy atom. The zero-order valence-electron chi connectivity index (χ0n) is 7.97. The molecular formula is C11H14FN. The Morgan fingerprint density at radius 2 is 2.15 bits per heavy atom. The van der Waals surface area contributed by atoms with Crippen molar-refractivity contribution in [3.63, 3.8) is 0 Å². The quantitative estimate of drug-likeness (QED) is 0.693. The van der Waals surface area contributed by atoms with Gasteiger partial charge in [-0.3, -0.25) is 0 Å². The predicted molar refractivity (Wildman–Crippen MR) is 52.9 cm³/mol. The van der Waals surface area contributed by atoms with Gasteiger partial charge < -0.3 is 5.73 Å². The molecule has 2 N–H and O–H groups in total. The van der Waals surface area contributed by atoms with Crippen LogP contribution >= 0.6 is 0 Å². The number of hydrogen-bond donors (Lipinski definition) is 1. The molecule has 1 rings (SSSR count). The molecule has 0 heterocycles. The molecular weight excluding hydrogens is 165 g/mol. The van der Waals surface area contributed by atoms with Crippen molar-refractivity contribution < 1.29 is 4.39 Å². The van der Waals surface area contributed by atoms with E-state index in [0.717, 1.165) is 5.56 Å². The van der Waals surface area contributed by atoms with Crippen LogP contribution in [0, 0.1) is 12.7 Å². The highest BCUT2D eigenvalue weighted by atomic mass is 19.1. The number of aryl methyl sites for hydroxylation is 1. The molecule has 0 aliphatic rings. The van der Waals surface area contributed by atoms with E-state index in [1.807, 2.05) is 6.07 Å². The van der Waals surface area contributed by atoms with Crippen molar-refractivity contribution in [3.8, 4) is 0 Å². The maximum Gasteiger partial charge on any atom is 0.126 e. The van der Waals surface area contributed by atoms with Crippen LogP contribution in [0.2, 0.25) is 0 Å². The minimum absolute atomic E-state index is 0.226. The van der Waals surface area contributed by atoms with Crippen LogP contribution in [0.15, 0.2) is 30.9 Å². The van der Waals surface area contributed by atoms with Gasteiger partial charge in [0.05, 0.1) is 5.54 Å². The second kappa shape index (κ2) is 3.30. The van der Waals surface area contributed by atoms with Crippen LogP contribution in [0.5, 0.6) is 0 Å². The van der Waals surface area contributed by atoms with Crippen LogP contribution in [-0.2, 0) is 5.54 Å². The van der Waals surface area contributed by atoms with E-state index in [1.54, 1.807) is 26.0 Å². The fourth-order valence-corrected chi connectivity index (χ4v) is 1.05. The molecule has 0 bridgehead atoms. The number of rotatable bonds is 2. The summed E-state index contributed by atoms with van der Waals surface area (Å²) < 4.78 is 13.2. The Kier molecular flexibility index (Phi) is 2.52. The molecule has 70 valence electrons. The van der Waals surface area contributed by atoms with E-state index in [-0.39, 0.29) is 5.82 Å². The molecule has 1 aromatic carbocycles. The van der Waals surface area contributed by atoms with Gasteiger partial charge in [0, 0.05) is 0 Å². The van der Waals surface area contributed by atoms with Gasteiger partial charge in [0.2, 0.25) is 0 Å². The number of hydrogen-bond acceptors (Lipinski definition) is 1. The molecule has 0 fully saturated rings. The maximum absolute atomic E-state index is 13.2. The third-order valence-corrected chi connectivity index (χ3v) is 2.22. The third-order valence-electron chi connectivity index (χ3n) is 2.22. The Bertz CT molecular complexity index is 329. The van der Waals surface area contributed by atoms with Crippen LogP contribution in [-0.4, -0.2) is 0 Å². The first-order chi connectivity index (χ1) is 5.97. The van der Waals surface area contributed by atoms with Crippen LogP contribution in [0.3, 0.4) is 0 Å². The lowest BCUT2D eigenvalue weighted by Gasteiger charge is -2.20. The first-order valence-electron chi connectivity index (χ1n) is 4.16. The molecule has 0 aliphatic carbocycles. The summed E-state index contributed by atoms with van der Waals surface area (Å²) in [6, 6.07) is 5.00. The standard InChI is InChI=1S/C11H14FN/c1-4-11(3,13)9-6-5-8(2)10(12)7-9/h4-7H,1,13H2,2-3H3. The number of benzene rings is 1. The average Bonchev–Trinajstić information content (AvgIpc) is 2.09. The maximum atomic E-state index is 13.2. The molecule has 1 nitrogen and oxygen atoms in total. The second-order valence-electron chi connectivity index (χ2n) is 3.45. The first-order valence-corrected chi connectivity index (χ1v) is 4.16. The molecule has 0 aliphatic heterocycles. The lowest BCUT2D eigenvalue weighted by Crippen LogP contribution is -2.30. The summed E-state index contributed by atoms with van der Waals surface area (Å²) in [5.41, 5.74) is 6.58. The van der Waals surface area contributed by atoms with Crippen LogP contribution in [0.25, 0.3) is 0 Å². The van der Waals surface area contributed by atoms with Gasteiger partial charge in [-0.2, -0.15) is 0 Å². The van der Waals surface area contributed by atoms with Crippen molar-refractivity contribution in [1.29, 1.82) is 0 Å². The lowest BCUT2D eigenvalue weighted by atomic mass is 9.93. The molecule has 0 saturated carbocycles. The van der Waals surface area contributed by atoms with Crippen molar-refractivity contribution in [3.05, 3.63) is 47.8 Å². The Labute approximate surface area is 78.1 Å². The Morgan fingerprint density at radius 3 is 2.62 bits per heavy atom. The lowest BCUT2D eigenvalue weighted by molar-refractivity contribution is 0.591. The van der Waals surface area contributed by atoms with Gasteiger partial charge in [-0.1, -0.05) is 18.2 Å². The van der Waals surface area contributed by atoms with Gasteiger partial charge in [-0.25, -0.2) is 4.39 Å². The van der Waals surface area contributed by atoms with Crippen LogP contribution in [0.1, 0.15) is 18.1 Å². The minimum atomic E-state index is -0.658. The average molecular weight is 179 g/mol. The van der Waals surface area contributed by atoms with Crippen molar-refractivity contribution in [2.75, 3.05) is 0 Å². The molecule has 0 radical (unpaired) electrons. The molecule has 1 aromatic rings. The van der Waals surface area contributed by atoms with E-state index in [9.17, 15) is 4.39 Å². The van der Waals surface area contributed by atoms with E-state index in [0.29, 0.717) is 5.56 Å². The number of halogens is 1. The van der Waals surface area contributed by atoms with E-state index < -0.39 is 5.54 Å². The largest absolute Gasteiger partial charge is 0.318 e. The summed E-state index contributed by atoms with van der Waals surface area (Å²) in [6.07, 6.45) is 1.61.